The molecule has 1 aromatic rings. The fourth-order valence-electron chi connectivity index (χ4n) is 1.38. The fourth-order valence-corrected chi connectivity index (χ4v) is 2.36. The van der Waals surface area contributed by atoms with Crippen molar-refractivity contribution in [2.45, 2.75) is 18.6 Å². The van der Waals surface area contributed by atoms with Crippen molar-refractivity contribution in [2.75, 3.05) is 12.4 Å². The minimum Gasteiger partial charge on any atom is -0.481 e. The quantitative estimate of drug-likeness (QED) is 0.715. The summed E-state index contributed by atoms with van der Waals surface area (Å²) in [5.41, 5.74) is 1.96. The van der Waals surface area contributed by atoms with Crippen LogP contribution < -0.4 is 0 Å². The summed E-state index contributed by atoms with van der Waals surface area (Å²) in [6, 6.07) is 7.60. The molecular weight excluding hydrogens is 224 g/mol. The molecule has 1 rings (SSSR count). The molecule has 0 aliphatic carbocycles. The summed E-state index contributed by atoms with van der Waals surface area (Å²) in [5.74, 6) is 0.911. The van der Waals surface area contributed by atoms with E-state index in [0.29, 0.717) is 0 Å². The van der Waals surface area contributed by atoms with E-state index < -0.39 is 5.97 Å². The molecule has 0 bridgehead atoms. The highest BCUT2D eigenvalue weighted by Gasteiger charge is 2.05. The predicted molar refractivity (Wildman–Crippen MR) is 65.6 cm³/mol. The van der Waals surface area contributed by atoms with Crippen molar-refractivity contribution in [3.63, 3.8) is 0 Å². The number of benzene rings is 1. The van der Waals surface area contributed by atoms with E-state index in [0.717, 1.165) is 29.1 Å². The molecule has 0 atom stereocenters. The average Bonchev–Trinajstić information content (AvgIpc) is 2.26. The van der Waals surface area contributed by atoms with E-state index >= 15 is 0 Å². The van der Waals surface area contributed by atoms with Gasteiger partial charge in [0.1, 0.15) is 0 Å². The summed E-state index contributed by atoms with van der Waals surface area (Å²) in [7, 11) is 0. The van der Waals surface area contributed by atoms with Gasteiger partial charge < -0.3 is 10.2 Å². The number of hydrogen-bond acceptors (Lipinski definition) is 3. The maximum atomic E-state index is 10.7. The Morgan fingerprint density at radius 2 is 1.94 bits per heavy atom. The molecule has 0 unspecified atom stereocenters. The number of thioether (sulfide) groups is 1. The molecule has 0 fully saturated rings. The van der Waals surface area contributed by atoms with Gasteiger partial charge in [0, 0.05) is 12.4 Å². The lowest BCUT2D eigenvalue weighted by Crippen LogP contribution is -2.03. The molecule has 16 heavy (non-hydrogen) atoms. The van der Waals surface area contributed by atoms with Crippen molar-refractivity contribution in [3.05, 3.63) is 35.4 Å². The first-order chi connectivity index (χ1) is 7.74. The normalized spacial score (nSPS) is 10.3. The third kappa shape index (κ3) is 4.68. The number of aliphatic hydroxyl groups excluding tert-OH is 1. The maximum Gasteiger partial charge on any atom is 0.307 e. The zero-order valence-electron chi connectivity index (χ0n) is 9.06. The van der Waals surface area contributed by atoms with Crippen LogP contribution in [0.1, 0.15) is 17.5 Å². The monoisotopic (exact) mass is 240 g/mol. The van der Waals surface area contributed by atoms with Gasteiger partial charge in [-0.05, 0) is 23.3 Å². The largest absolute Gasteiger partial charge is 0.481 e. The van der Waals surface area contributed by atoms with E-state index in [9.17, 15) is 4.79 Å². The Bertz CT molecular complexity index is 339. The molecule has 0 aliphatic heterocycles. The molecule has 0 aliphatic rings. The van der Waals surface area contributed by atoms with E-state index in [4.69, 9.17) is 10.2 Å². The molecule has 88 valence electrons. The number of aliphatic hydroxyl groups is 1. The number of aliphatic carboxylic acids is 1. The van der Waals surface area contributed by atoms with Crippen LogP contribution in [0.25, 0.3) is 0 Å². The molecule has 0 spiro atoms. The van der Waals surface area contributed by atoms with Gasteiger partial charge in [-0.15, -0.1) is 0 Å². The summed E-state index contributed by atoms with van der Waals surface area (Å²) in [5, 5.41) is 17.4. The third-order valence-electron chi connectivity index (χ3n) is 2.16. The predicted octanol–water partition coefficient (Wildman–Crippen LogP) is 1.93. The summed E-state index contributed by atoms with van der Waals surface area (Å²) >= 11 is 1.72. The molecule has 0 saturated heterocycles. The van der Waals surface area contributed by atoms with Gasteiger partial charge in [0.15, 0.2) is 0 Å². The van der Waals surface area contributed by atoms with E-state index in [2.05, 4.69) is 0 Å². The second kappa shape index (κ2) is 7.30. The minimum atomic E-state index is -0.798. The van der Waals surface area contributed by atoms with Gasteiger partial charge in [-0.3, -0.25) is 4.79 Å². The van der Waals surface area contributed by atoms with Gasteiger partial charge in [0.25, 0.3) is 0 Å². The van der Waals surface area contributed by atoms with Crippen LogP contribution >= 0.6 is 11.8 Å². The minimum absolute atomic E-state index is 0.0801. The van der Waals surface area contributed by atoms with Crippen molar-refractivity contribution in [1.82, 2.24) is 0 Å². The summed E-state index contributed by atoms with van der Waals surface area (Å²) in [4.78, 5) is 10.7. The molecule has 0 heterocycles. The molecule has 0 aromatic heterocycles. The lowest BCUT2D eigenvalue weighted by Gasteiger charge is -2.06. The molecule has 1 aromatic carbocycles. The van der Waals surface area contributed by atoms with Gasteiger partial charge in [-0.1, -0.05) is 24.3 Å². The molecule has 0 amide bonds. The molecule has 0 saturated carbocycles. The summed E-state index contributed by atoms with van der Waals surface area (Å²) < 4.78 is 0. The van der Waals surface area contributed by atoms with E-state index in [1.54, 1.807) is 11.8 Å². The van der Waals surface area contributed by atoms with Gasteiger partial charge >= 0.3 is 5.97 Å². The van der Waals surface area contributed by atoms with E-state index in [-0.39, 0.29) is 13.0 Å². The van der Waals surface area contributed by atoms with Gasteiger partial charge in [0.05, 0.1) is 6.42 Å². The van der Waals surface area contributed by atoms with Crippen molar-refractivity contribution in [3.8, 4) is 0 Å². The Hall–Kier alpha value is -1.00. The second-order valence-corrected chi connectivity index (χ2v) is 4.57. The maximum absolute atomic E-state index is 10.7. The Labute approximate surface area is 99.5 Å². The summed E-state index contributed by atoms with van der Waals surface area (Å²) in [6.45, 7) is 0.212. The molecule has 0 radical (unpaired) electrons. The third-order valence-corrected chi connectivity index (χ3v) is 3.26. The standard InChI is InChI=1S/C12H16O3S/c13-6-3-7-16-9-11-5-2-1-4-10(11)8-12(14)15/h1-2,4-5,13H,3,6-9H2,(H,14,15). The molecule has 2 N–H and O–H groups in total. The second-order valence-electron chi connectivity index (χ2n) is 3.47. The lowest BCUT2D eigenvalue weighted by molar-refractivity contribution is -0.136. The summed E-state index contributed by atoms with van der Waals surface area (Å²) in [6.07, 6.45) is 0.864. The van der Waals surface area contributed by atoms with Crippen LogP contribution in [0.15, 0.2) is 24.3 Å². The Balaban J connectivity index is 2.53. The van der Waals surface area contributed by atoms with Crippen molar-refractivity contribution in [2.24, 2.45) is 0 Å². The zero-order valence-corrected chi connectivity index (χ0v) is 9.87. The van der Waals surface area contributed by atoms with Crippen LogP contribution in [0.5, 0.6) is 0 Å². The highest BCUT2D eigenvalue weighted by atomic mass is 32.2. The molecule has 4 heteroatoms. The van der Waals surface area contributed by atoms with Crippen molar-refractivity contribution in [1.29, 1.82) is 0 Å². The highest BCUT2D eigenvalue weighted by Crippen LogP contribution is 2.17. The van der Waals surface area contributed by atoms with Crippen LogP contribution in [0, 0.1) is 0 Å². The van der Waals surface area contributed by atoms with Crippen LogP contribution in [-0.2, 0) is 17.0 Å². The van der Waals surface area contributed by atoms with Gasteiger partial charge in [0.2, 0.25) is 0 Å². The first-order valence-corrected chi connectivity index (χ1v) is 6.36. The van der Waals surface area contributed by atoms with Crippen molar-refractivity contribution < 1.29 is 15.0 Å². The Morgan fingerprint density at radius 1 is 1.25 bits per heavy atom. The number of rotatable bonds is 7. The molecule has 3 nitrogen and oxygen atoms in total. The fraction of sp³-hybridized carbons (Fsp3) is 0.417. The van der Waals surface area contributed by atoms with Gasteiger partial charge in [-0.25, -0.2) is 0 Å². The molecular formula is C12H16O3S. The van der Waals surface area contributed by atoms with Gasteiger partial charge in [-0.2, -0.15) is 11.8 Å². The van der Waals surface area contributed by atoms with Crippen LogP contribution in [0.3, 0.4) is 0 Å². The number of carboxylic acid groups (broad SMARTS) is 1. The number of hydrogen-bond donors (Lipinski definition) is 2. The van der Waals surface area contributed by atoms with Crippen LogP contribution in [0.4, 0.5) is 0 Å². The van der Waals surface area contributed by atoms with Crippen LogP contribution in [0.2, 0.25) is 0 Å². The smallest absolute Gasteiger partial charge is 0.307 e. The first-order valence-electron chi connectivity index (χ1n) is 5.21. The van der Waals surface area contributed by atoms with E-state index in [1.807, 2.05) is 24.3 Å². The van der Waals surface area contributed by atoms with Crippen molar-refractivity contribution >= 4 is 17.7 Å². The first kappa shape index (κ1) is 13.1. The Kier molecular flexibility index (Phi) is 5.96. The Morgan fingerprint density at radius 3 is 2.56 bits per heavy atom. The lowest BCUT2D eigenvalue weighted by atomic mass is 10.1. The SMILES string of the molecule is O=C(O)Cc1ccccc1CSCCCO. The topological polar surface area (TPSA) is 57.5 Å². The number of carboxylic acids is 1. The van der Waals surface area contributed by atoms with E-state index in [1.165, 1.54) is 0 Å². The average molecular weight is 240 g/mol. The van der Waals surface area contributed by atoms with Crippen LogP contribution in [-0.4, -0.2) is 28.5 Å². The highest BCUT2D eigenvalue weighted by molar-refractivity contribution is 7.98. The zero-order chi connectivity index (χ0) is 11.8. The number of carbonyl (C=O) groups is 1.